The Balaban J connectivity index is 1.54. The van der Waals surface area contributed by atoms with Gasteiger partial charge in [-0.25, -0.2) is 0 Å². The van der Waals surface area contributed by atoms with Gasteiger partial charge in [0.2, 0.25) is 5.91 Å². The first-order valence-corrected chi connectivity index (χ1v) is 11.2. The predicted octanol–water partition coefficient (Wildman–Crippen LogP) is 4.95. The van der Waals surface area contributed by atoms with Crippen molar-refractivity contribution in [2.75, 3.05) is 44.7 Å². The molecule has 2 aliphatic rings. The van der Waals surface area contributed by atoms with Crippen LogP contribution in [0.1, 0.15) is 24.0 Å². The minimum absolute atomic E-state index is 0.112. The van der Waals surface area contributed by atoms with Gasteiger partial charge in [-0.3, -0.25) is 4.79 Å². The van der Waals surface area contributed by atoms with Gasteiger partial charge in [-0.05, 0) is 55.3 Å². The molecule has 4 rings (SSSR count). The molecule has 0 aliphatic carbocycles. The van der Waals surface area contributed by atoms with E-state index in [1.807, 2.05) is 23.1 Å². The zero-order valence-electron chi connectivity index (χ0n) is 17.3. The molecule has 0 saturated carbocycles. The summed E-state index contributed by atoms with van der Waals surface area (Å²) in [6.07, 6.45) is 3.88. The standard InChI is InChI=1S/C24H27Cl2N3O/c1-27-11-13-28(14-12-27)23-7-3-2-5-19(23)16-20-6-4-10-29(24(20)30)17-18-8-9-21(25)22(26)15-18/h2-3,5,7-9,15-16H,4,6,10-14,17H2,1H3. The van der Waals surface area contributed by atoms with E-state index >= 15 is 0 Å². The van der Waals surface area contributed by atoms with Gasteiger partial charge in [0.1, 0.15) is 0 Å². The molecule has 0 spiro atoms. The number of carbonyl (C=O) groups excluding carboxylic acids is 1. The second-order valence-corrected chi connectivity index (χ2v) is 8.91. The van der Waals surface area contributed by atoms with Crippen molar-refractivity contribution in [2.24, 2.45) is 0 Å². The maximum absolute atomic E-state index is 13.2. The fraction of sp³-hybridized carbons (Fsp3) is 0.375. The van der Waals surface area contributed by atoms with Crippen LogP contribution in [0.25, 0.3) is 6.08 Å². The first-order valence-electron chi connectivity index (χ1n) is 10.5. The third-order valence-corrected chi connectivity index (χ3v) is 6.64. The number of carbonyl (C=O) groups is 1. The molecule has 158 valence electrons. The Labute approximate surface area is 188 Å². The van der Waals surface area contributed by atoms with Gasteiger partial charge in [0, 0.05) is 50.5 Å². The van der Waals surface area contributed by atoms with Crippen LogP contribution in [-0.4, -0.2) is 55.5 Å². The maximum Gasteiger partial charge on any atom is 0.250 e. The molecule has 30 heavy (non-hydrogen) atoms. The van der Waals surface area contributed by atoms with Crippen LogP contribution in [0.3, 0.4) is 0 Å². The van der Waals surface area contributed by atoms with E-state index in [4.69, 9.17) is 23.2 Å². The highest BCUT2D eigenvalue weighted by Gasteiger charge is 2.24. The maximum atomic E-state index is 13.2. The predicted molar refractivity (Wildman–Crippen MR) is 125 cm³/mol. The number of piperidine rings is 1. The van der Waals surface area contributed by atoms with Crippen molar-refractivity contribution < 1.29 is 4.79 Å². The molecule has 4 nitrogen and oxygen atoms in total. The number of likely N-dealkylation sites (tertiary alicyclic amines) is 1. The lowest BCUT2D eigenvalue weighted by atomic mass is 9.99. The van der Waals surface area contributed by atoms with Crippen molar-refractivity contribution in [3.05, 3.63) is 69.2 Å². The monoisotopic (exact) mass is 443 g/mol. The number of nitrogens with zero attached hydrogens (tertiary/aromatic N) is 3. The molecule has 0 atom stereocenters. The van der Waals surface area contributed by atoms with Crippen LogP contribution in [0, 0.1) is 0 Å². The van der Waals surface area contributed by atoms with Crippen molar-refractivity contribution in [1.82, 2.24) is 9.80 Å². The van der Waals surface area contributed by atoms with Crippen molar-refractivity contribution in [3.63, 3.8) is 0 Å². The number of hydrogen-bond donors (Lipinski definition) is 0. The fourth-order valence-corrected chi connectivity index (χ4v) is 4.47. The summed E-state index contributed by atoms with van der Waals surface area (Å²) in [5, 5.41) is 1.06. The lowest BCUT2D eigenvalue weighted by Gasteiger charge is -2.35. The highest BCUT2D eigenvalue weighted by Crippen LogP contribution is 2.29. The summed E-state index contributed by atoms with van der Waals surface area (Å²) in [6, 6.07) is 14.0. The van der Waals surface area contributed by atoms with Crippen LogP contribution in [0.5, 0.6) is 0 Å². The van der Waals surface area contributed by atoms with Crippen LogP contribution in [0.2, 0.25) is 10.0 Å². The first kappa shape index (κ1) is 21.2. The van der Waals surface area contributed by atoms with Crippen LogP contribution >= 0.6 is 23.2 Å². The van der Waals surface area contributed by atoms with E-state index in [1.165, 1.54) is 5.69 Å². The van der Waals surface area contributed by atoms with E-state index < -0.39 is 0 Å². The summed E-state index contributed by atoms with van der Waals surface area (Å²) in [4.78, 5) is 19.9. The molecular formula is C24H27Cl2N3O. The van der Waals surface area contributed by atoms with E-state index in [9.17, 15) is 4.79 Å². The molecule has 0 bridgehead atoms. The second kappa shape index (κ2) is 9.42. The van der Waals surface area contributed by atoms with Crippen LogP contribution in [0.15, 0.2) is 48.0 Å². The minimum atomic E-state index is 0.112. The lowest BCUT2D eigenvalue weighted by Crippen LogP contribution is -2.44. The lowest BCUT2D eigenvalue weighted by molar-refractivity contribution is -0.129. The molecule has 6 heteroatoms. The molecule has 2 fully saturated rings. The minimum Gasteiger partial charge on any atom is -0.368 e. The van der Waals surface area contributed by atoms with E-state index in [1.54, 1.807) is 6.07 Å². The van der Waals surface area contributed by atoms with Crippen molar-refractivity contribution in [3.8, 4) is 0 Å². The van der Waals surface area contributed by atoms with Gasteiger partial charge in [0.15, 0.2) is 0 Å². The van der Waals surface area contributed by atoms with Gasteiger partial charge in [-0.1, -0.05) is 47.5 Å². The van der Waals surface area contributed by atoms with Gasteiger partial charge in [-0.2, -0.15) is 0 Å². The Kier molecular flexibility index (Phi) is 6.67. The summed E-state index contributed by atoms with van der Waals surface area (Å²) in [5.74, 6) is 0.112. The van der Waals surface area contributed by atoms with E-state index in [0.29, 0.717) is 16.6 Å². The smallest absolute Gasteiger partial charge is 0.250 e. The third-order valence-electron chi connectivity index (χ3n) is 5.90. The summed E-state index contributed by atoms with van der Waals surface area (Å²) >= 11 is 12.2. The molecule has 2 aromatic rings. The fourth-order valence-electron chi connectivity index (χ4n) is 4.15. The Morgan fingerprint density at radius 3 is 2.50 bits per heavy atom. The zero-order chi connectivity index (χ0) is 21.1. The van der Waals surface area contributed by atoms with Crippen molar-refractivity contribution >= 4 is 40.9 Å². The van der Waals surface area contributed by atoms with Gasteiger partial charge in [0.25, 0.3) is 0 Å². The quantitative estimate of drug-likeness (QED) is 0.625. The van der Waals surface area contributed by atoms with Crippen LogP contribution in [0.4, 0.5) is 5.69 Å². The van der Waals surface area contributed by atoms with E-state index in [2.05, 4.69) is 41.1 Å². The molecular weight excluding hydrogens is 417 g/mol. The molecule has 2 saturated heterocycles. The largest absolute Gasteiger partial charge is 0.368 e. The molecule has 0 unspecified atom stereocenters. The summed E-state index contributed by atoms with van der Waals surface area (Å²) in [7, 11) is 2.16. The number of halogens is 2. The topological polar surface area (TPSA) is 26.8 Å². The van der Waals surface area contributed by atoms with Gasteiger partial charge in [0.05, 0.1) is 10.0 Å². The Morgan fingerprint density at radius 2 is 1.73 bits per heavy atom. The molecule has 0 aromatic heterocycles. The molecule has 2 heterocycles. The van der Waals surface area contributed by atoms with Gasteiger partial charge < -0.3 is 14.7 Å². The number of anilines is 1. The van der Waals surface area contributed by atoms with Gasteiger partial charge in [-0.15, -0.1) is 0 Å². The number of rotatable bonds is 4. The average Bonchev–Trinajstić information content (AvgIpc) is 2.75. The SMILES string of the molecule is CN1CCN(c2ccccc2C=C2CCCN(Cc3ccc(Cl)c(Cl)c3)C2=O)CC1. The average molecular weight is 444 g/mol. The molecule has 0 radical (unpaired) electrons. The van der Waals surface area contributed by atoms with Gasteiger partial charge >= 0.3 is 0 Å². The second-order valence-electron chi connectivity index (χ2n) is 8.10. The normalized spacial score (nSPS) is 19.6. The number of likely N-dealkylation sites (N-methyl/N-ethyl adjacent to an activating group) is 1. The first-order chi connectivity index (χ1) is 14.5. The Bertz CT molecular complexity index is 951. The zero-order valence-corrected chi connectivity index (χ0v) is 18.8. The summed E-state index contributed by atoms with van der Waals surface area (Å²) in [6.45, 7) is 5.44. The van der Waals surface area contributed by atoms with Crippen LogP contribution < -0.4 is 4.90 Å². The molecule has 2 aromatic carbocycles. The van der Waals surface area contributed by atoms with Crippen LogP contribution in [-0.2, 0) is 11.3 Å². The number of piperazine rings is 1. The Hall–Kier alpha value is -2.01. The third kappa shape index (κ3) is 4.83. The summed E-state index contributed by atoms with van der Waals surface area (Å²) < 4.78 is 0. The van der Waals surface area contributed by atoms with Crippen molar-refractivity contribution in [2.45, 2.75) is 19.4 Å². The number of hydrogen-bond acceptors (Lipinski definition) is 3. The van der Waals surface area contributed by atoms with Crippen molar-refractivity contribution in [1.29, 1.82) is 0 Å². The highest BCUT2D eigenvalue weighted by molar-refractivity contribution is 6.42. The Morgan fingerprint density at radius 1 is 0.967 bits per heavy atom. The number of para-hydroxylation sites is 1. The summed E-state index contributed by atoms with van der Waals surface area (Å²) in [5.41, 5.74) is 4.22. The van der Waals surface area contributed by atoms with E-state index in [0.717, 1.165) is 62.3 Å². The van der Waals surface area contributed by atoms with E-state index in [-0.39, 0.29) is 5.91 Å². The number of amides is 1. The number of benzene rings is 2. The molecule has 1 amide bonds. The highest BCUT2D eigenvalue weighted by atomic mass is 35.5. The molecule has 0 N–H and O–H groups in total. The molecule has 2 aliphatic heterocycles.